The molecule has 144 valence electrons. The van der Waals surface area contributed by atoms with Gasteiger partial charge < -0.3 is 15.2 Å². The second-order valence-corrected chi connectivity index (χ2v) is 7.38. The highest BCUT2D eigenvalue weighted by Gasteiger charge is 2.47. The first-order chi connectivity index (χ1) is 11.8. The van der Waals surface area contributed by atoms with E-state index in [1.165, 1.54) is 0 Å². The van der Waals surface area contributed by atoms with Crippen LogP contribution < -0.4 is 5.32 Å². The average Bonchev–Trinajstić information content (AvgIpc) is 2.49. The topological polar surface area (TPSA) is 75.6 Å². The van der Waals surface area contributed by atoms with Gasteiger partial charge in [0.15, 0.2) is 5.78 Å². The minimum absolute atomic E-state index is 0.160. The number of alkyl halides is 3. The van der Waals surface area contributed by atoms with Crippen molar-refractivity contribution in [2.45, 2.75) is 63.5 Å². The Bertz CT molecular complexity index is 679. The van der Waals surface area contributed by atoms with E-state index < -0.39 is 40.9 Å². The zero-order chi connectivity index (χ0) is 19.8. The highest BCUT2D eigenvalue weighted by Crippen LogP contribution is 2.37. The minimum Gasteiger partial charge on any atom is -0.444 e. The van der Waals surface area contributed by atoms with Crippen LogP contribution in [0.4, 0.5) is 18.0 Å². The number of ether oxygens (including phenoxy) is 1. The van der Waals surface area contributed by atoms with E-state index >= 15 is 0 Å². The largest absolute Gasteiger partial charge is 0.444 e. The van der Waals surface area contributed by atoms with Crippen molar-refractivity contribution in [3.8, 4) is 0 Å². The molecule has 2 unspecified atom stereocenters. The quantitative estimate of drug-likeness (QED) is 0.832. The van der Waals surface area contributed by atoms with Crippen LogP contribution in [0.5, 0.6) is 0 Å². The predicted octanol–water partition coefficient (Wildman–Crippen LogP) is 3.54. The second-order valence-electron chi connectivity index (χ2n) is 7.38. The zero-order valence-electron chi connectivity index (χ0n) is 14.8. The van der Waals surface area contributed by atoms with E-state index in [1.54, 1.807) is 20.8 Å². The van der Waals surface area contributed by atoms with Crippen molar-refractivity contribution in [1.82, 2.24) is 5.32 Å². The molecule has 2 N–H and O–H groups in total. The molecule has 0 aromatic heterocycles. The number of ketones is 1. The van der Waals surface area contributed by atoms with E-state index in [2.05, 4.69) is 5.32 Å². The Balaban J connectivity index is 2.41. The number of hydrogen-bond acceptors (Lipinski definition) is 4. The molecule has 1 aliphatic rings. The third-order valence-corrected chi connectivity index (χ3v) is 4.17. The van der Waals surface area contributed by atoms with E-state index in [9.17, 15) is 27.9 Å². The Morgan fingerprint density at radius 1 is 1.23 bits per heavy atom. The van der Waals surface area contributed by atoms with Gasteiger partial charge in [-0.1, -0.05) is 12.1 Å². The SMILES string of the molecule is CC(C)(C)OC(=O)NC1(c2ccc(C(F)(F)F)cc2)CCCC(O)C1=O. The van der Waals surface area contributed by atoms with Crippen LogP contribution in [0.2, 0.25) is 0 Å². The number of halogens is 3. The smallest absolute Gasteiger partial charge is 0.416 e. The molecule has 1 amide bonds. The molecule has 1 aliphatic carbocycles. The van der Waals surface area contributed by atoms with Crippen molar-refractivity contribution in [2.75, 3.05) is 0 Å². The van der Waals surface area contributed by atoms with Gasteiger partial charge in [0.1, 0.15) is 17.2 Å². The number of aliphatic hydroxyl groups is 1. The third kappa shape index (κ3) is 4.35. The molecule has 0 spiro atoms. The van der Waals surface area contributed by atoms with E-state index in [1.807, 2.05) is 0 Å². The van der Waals surface area contributed by atoms with Gasteiger partial charge in [0.05, 0.1) is 5.56 Å². The molecule has 0 radical (unpaired) electrons. The maximum absolute atomic E-state index is 12.8. The number of carbonyl (C=O) groups is 2. The maximum Gasteiger partial charge on any atom is 0.416 e. The lowest BCUT2D eigenvalue weighted by Gasteiger charge is -2.39. The Hall–Kier alpha value is -2.09. The molecule has 26 heavy (non-hydrogen) atoms. The number of hydrogen-bond donors (Lipinski definition) is 2. The van der Waals surface area contributed by atoms with Gasteiger partial charge in [0, 0.05) is 0 Å². The summed E-state index contributed by atoms with van der Waals surface area (Å²) in [6.45, 7) is 4.94. The van der Waals surface area contributed by atoms with Crippen LogP contribution >= 0.6 is 0 Å². The van der Waals surface area contributed by atoms with Crippen molar-refractivity contribution < 1.29 is 32.6 Å². The summed E-state index contributed by atoms with van der Waals surface area (Å²) in [7, 11) is 0. The second kappa shape index (κ2) is 6.90. The summed E-state index contributed by atoms with van der Waals surface area (Å²) >= 11 is 0. The molecule has 0 aliphatic heterocycles. The predicted molar refractivity (Wildman–Crippen MR) is 87.4 cm³/mol. The van der Waals surface area contributed by atoms with Gasteiger partial charge in [-0.15, -0.1) is 0 Å². The summed E-state index contributed by atoms with van der Waals surface area (Å²) in [6.07, 6.45) is -5.88. The number of carbonyl (C=O) groups excluding carboxylic acids is 2. The molecule has 0 bridgehead atoms. The van der Waals surface area contributed by atoms with Crippen LogP contribution in [0.25, 0.3) is 0 Å². The third-order valence-electron chi connectivity index (χ3n) is 4.17. The summed E-state index contributed by atoms with van der Waals surface area (Å²) in [4.78, 5) is 24.9. The molecule has 2 atom stereocenters. The molecule has 8 heteroatoms. The number of nitrogens with one attached hydrogen (secondary N) is 1. The van der Waals surface area contributed by atoms with Crippen LogP contribution in [0.15, 0.2) is 24.3 Å². The fourth-order valence-corrected chi connectivity index (χ4v) is 3.00. The van der Waals surface area contributed by atoms with Crippen LogP contribution in [-0.2, 0) is 21.2 Å². The van der Waals surface area contributed by atoms with E-state index in [-0.39, 0.29) is 18.4 Å². The van der Waals surface area contributed by atoms with Gasteiger partial charge in [0.25, 0.3) is 0 Å². The van der Waals surface area contributed by atoms with Crippen molar-refractivity contribution >= 4 is 11.9 Å². The first-order valence-corrected chi connectivity index (χ1v) is 8.26. The molecule has 5 nitrogen and oxygen atoms in total. The summed E-state index contributed by atoms with van der Waals surface area (Å²) in [5, 5.41) is 12.5. The fourth-order valence-electron chi connectivity index (χ4n) is 3.00. The molecule has 0 saturated heterocycles. The van der Waals surface area contributed by atoms with Crippen molar-refractivity contribution in [3.63, 3.8) is 0 Å². The van der Waals surface area contributed by atoms with E-state index in [0.717, 1.165) is 24.3 Å². The Labute approximate surface area is 149 Å². The Morgan fingerprint density at radius 2 is 1.81 bits per heavy atom. The summed E-state index contributed by atoms with van der Waals surface area (Å²) in [5.41, 5.74) is -3.12. The summed E-state index contributed by atoms with van der Waals surface area (Å²) in [6, 6.07) is 4.00. The van der Waals surface area contributed by atoms with Gasteiger partial charge in [-0.05, 0) is 57.7 Å². The molecule has 1 aromatic carbocycles. The lowest BCUT2D eigenvalue weighted by molar-refractivity contribution is -0.138. The molecule has 1 fully saturated rings. The van der Waals surface area contributed by atoms with Gasteiger partial charge in [0.2, 0.25) is 0 Å². The molecular weight excluding hydrogens is 351 g/mol. The standard InChI is InChI=1S/C18H22F3NO4/c1-16(2,3)26-15(25)22-17(10-4-5-13(23)14(17)24)11-6-8-12(9-7-11)18(19,20)21/h6-9,13,23H,4-5,10H2,1-3H3,(H,22,25). The lowest BCUT2D eigenvalue weighted by Crippen LogP contribution is -2.58. The summed E-state index contributed by atoms with van der Waals surface area (Å²) < 4.78 is 43.6. The van der Waals surface area contributed by atoms with Gasteiger partial charge >= 0.3 is 12.3 Å². The summed E-state index contributed by atoms with van der Waals surface area (Å²) in [5.74, 6) is -0.658. The Kier molecular flexibility index (Phi) is 5.37. The first kappa shape index (κ1) is 20.2. The van der Waals surface area contributed by atoms with Gasteiger partial charge in [-0.25, -0.2) is 4.79 Å². The average molecular weight is 373 g/mol. The molecule has 0 heterocycles. The molecule has 1 aromatic rings. The number of aliphatic hydroxyl groups excluding tert-OH is 1. The fraction of sp³-hybridized carbons (Fsp3) is 0.556. The number of rotatable bonds is 2. The minimum atomic E-state index is -4.51. The molecule has 1 saturated carbocycles. The van der Waals surface area contributed by atoms with E-state index in [0.29, 0.717) is 6.42 Å². The van der Waals surface area contributed by atoms with Crippen LogP contribution in [0, 0.1) is 0 Å². The normalized spacial score (nSPS) is 24.3. The van der Waals surface area contributed by atoms with Crippen LogP contribution in [0.3, 0.4) is 0 Å². The molecular formula is C18H22F3NO4. The number of benzene rings is 1. The number of amides is 1. The number of alkyl carbamates (subject to hydrolysis) is 1. The monoisotopic (exact) mass is 373 g/mol. The first-order valence-electron chi connectivity index (χ1n) is 8.26. The van der Waals surface area contributed by atoms with Gasteiger partial charge in [-0.2, -0.15) is 13.2 Å². The van der Waals surface area contributed by atoms with Crippen LogP contribution in [-0.4, -0.2) is 28.7 Å². The van der Waals surface area contributed by atoms with Crippen molar-refractivity contribution in [2.24, 2.45) is 0 Å². The van der Waals surface area contributed by atoms with E-state index in [4.69, 9.17) is 4.74 Å². The zero-order valence-corrected chi connectivity index (χ0v) is 14.8. The molecule has 2 rings (SSSR count). The Morgan fingerprint density at radius 3 is 2.31 bits per heavy atom. The van der Waals surface area contributed by atoms with Gasteiger partial charge in [-0.3, -0.25) is 4.79 Å². The highest BCUT2D eigenvalue weighted by molar-refractivity contribution is 5.96. The van der Waals surface area contributed by atoms with Crippen LogP contribution in [0.1, 0.15) is 51.2 Å². The van der Waals surface area contributed by atoms with Crippen molar-refractivity contribution in [3.05, 3.63) is 35.4 Å². The highest BCUT2D eigenvalue weighted by atomic mass is 19.4. The lowest BCUT2D eigenvalue weighted by atomic mass is 9.74. The number of Topliss-reactive ketones (excluding diaryl/α,β-unsaturated/α-hetero) is 1. The maximum atomic E-state index is 12.8. The van der Waals surface area contributed by atoms with Crippen molar-refractivity contribution in [1.29, 1.82) is 0 Å².